The van der Waals surface area contributed by atoms with Gasteiger partial charge in [-0.25, -0.2) is 18.6 Å². The first-order chi connectivity index (χ1) is 9.96. The van der Waals surface area contributed by atoms with Gasteiger partial charge < -0.3 is 14.4 Å². The zero-order chi connectivity index (χ0) is 15.5. The Morgan fingerprint density at radius 1 is 1.33 bits per heavy atom. The van der Waals surface area contributed by atoms with Crippen molar-refractivity contribution in [3.8, 4) is 0 Å². The molecule has 21 heavy (non-hydrogen) atoms. The van der Waals surface area contributed by atoms with Crippen molar-refractivity contribution in [1.82, 2.24) is 4.98 Å². The highest BCUT2D eigenvalue weighted by Gasteiger charge is 2.35. The number of nitrogens with zero attached hydrogens (tertiary/aromatic N) is 2. The SMILES string of the molecule is COCc1ccc(C(=O)OC)nc1N1CCC(F)(F)CC1. The molecule has 0 amide bonds. The highest BCUT2D eigenvalue weighted by atomic mass is 19.3. The molecule has 0 unspecified atom stereocenters. The number of hydrogen-bond donors (Lipinski definition) is 0. The van der Waals surface area contributed by atoms with Crippen molar-refractivity contribution in [3.05, 3.63) is 23.4 Å². The molecule has 0 radical (unpaired) electrons. The second-order valence-corrected chi connectivity index (χ2v) is 4.95. The Morgan fingerprint density at radius 2 is 2.00 bits per heavy atom. The van der Waals surface area contributed by atoms with Crippen molar-refractivity contribution in [2.75, 3.05) is 32.2 Å². The number of ether oxygens (including phenoxy) is 2. The number of methoxy groups -OCH3 is 2. The summed E-state index contributed by atoms with van der Waals surface area (Å²) < 4.78 is 36.3. The molecule has 0 saturated carbocycles. The predicted octanol–water partition coefficient (Wildman–Crippen LogP) is 2.25. The summed E-state index contributed by atoms with van der Waals surface area (Å²) in [7, 11) is 2.82. The van der Waals surface area contributed by atoms with E-state index in [4.69, 9.17) is 4.74 Å². The Bertz CT molecular complexity index is 513. The van der Waals surface area contributed by atoms with Crippen LogP contribution in [-0.2, 0) is 16.1 Å². The van der Waals surface area contributed by atoms with Gasteiger partial charge >= 0.3 is 5.97 Å². The van der Waals surface area contributed by atoms with Crippen molar-refractivity contribution in [3.63, 3.8) is 0 Å². The summed E-state index contributed by atoms with van der Waals surface area (Å²) in [5.74, 6) is -2.67. The first-order valence-corrected chi connectivity index (χ1v) is 6.67. The van der Waals surface area contributed by atoms with E-state index in [0.29, 0.717) is 12.4 Å². The van der Waals surface area contributed by atoms with Crippen LogP contribution in [0.1, 0.15) is 28.9 Å². The van der Waals surface area contributed by atoms with Gasteiger partial charge in [0.05, 0.1) is 13.7 Å². The van der Waals surface area contributed by atoms with E-state index in [-0.39, 0.29) is 31.6 Å². The van der Waals surface area contributed by atoms with Gasteiger partial charge in [0, 0.05) is 38.6 Å². The fraction of sp³-hybridized carbons (Fsp3) is 0.571. The molecule has 1 fully saturated rings. The minimum atomic E-state index is -2.63. The van der Waals surface area contributed by atoms with Crippen LogP contribution in [0.2, 0.25) is 0 Å². The topological polar surface area (TPSA) is 51.7 Å². The number of anilines is 1. The average molecular weight is 300 g/mol. The first-order valence-electron chi connectivity index (χ1n) is 6.67. The standard InChI is InChI=1S/C14H18F2N2O3/c1-20-9-10-3-4-11(13(19)21-2)17-12(10)18-7-5-14(15,16)6-8-18/h3-4H,5-9H2,1-2H3. The highest BCUT2D eigenvalue weighted by Crippen LogP contribution is 2.31. The smallest absolute Gasteiger partial charge is 0.356 e. The lowest BCUT2D eigenvalue weighted by atomic mass is 10.1. The third kappa shape index (κ3) is 3.66. The van der Waals surface area contributed by atoms with Crippen molar-refractivity contribution < 1.29 is 23.0 Å². The molecule has 116 valence electrons. The van der Waals surface area contributed by atoms with Gasteiger partial charge in [-0.3, -0.25) is 0 Å². The molecule has 1 aromatic heterocycles. The molecule has 7 heteroatoms. The lowest BCUT2D eigenvalue weighted by molar-refractivity contribution is -0.0222. The summed E-state index contributed by atoms with van der Waals surface area (Å²) in [6, 6.07) is 3.26. The molecule has 1 aliphatic heterocycles. The van der Waals surface area contributed by atoms with Crippen molar-refractivity contribution in [2.45, 2.75) is 25.4 Å². The number of halogens is 2. The molecule has 2 heterocycles. The van der Waals surface area contributed by atoms with E-state index in [9.17, 15) is 13.6 Å². The van der Waals surface area contributed by atoms with Gasteiger partial charge in [-0.05, 0) is 6.07 Å². The van der Waals surface area contributed by atoms with Crippen LogP contribution in [0.3, 0.4) is 0 Å². The van der Waals surface area contributed by atoms with Gasteiger partial charge in [-0.1, -0.05) is 6.07 Å². The average Bonchev–Trinajstić information content (AvgIpc) is 2.47. The lowest BCUT2D eigenvalue weighted by Gasteiger charge is -2.33. The second-order valence-electron chi connectivity index (χ2n) is 4.95. The van der Waals surface area contributed by atoms with Gasteiger partial charge in [0.1, 0.15) is 5.82 Å². The Hall–Kier alpha value is -1.76. The fourth-order valence-electron chi connectivity index (χ4n) is 2.28. The maximum atomic E-state index is 13.3. The summed E-state index contributed by atoms with van der Waals surface area (Å²) in [4.78, 5) is 17.6. The molecule has 5 nitrogen and oxygen atoms in total. The minimum Gasteiger partial charge on any atom is -0.464 e. The number of hydrogen-bond acceptors (Lipinski definition) is 5. The molecule has 1 aliphatic rings. The number of alkyl halides is 2. The van der Waals surface area contributed by atoms with Gasteiger partial charge in [0.15, 0.2) is 5.69 Å². The van der Waals surface area contributed by atoms with Gasteiger partial charge in [-0.2, -0.15) is 0 Å². The summed E-state index contributed by atoms with van der Waals surface area (Å²) >= 11 is 0. The fourth-order valence-corrected chi connectivity index (χ4v) is 2.28. The zero-order valence-corrected chi connectivity index (χ0v) is 12.1. The van der Waals surface area contributed by atoms with E-state index in [2.05, 4.69) is 9.72 Å². The summed E-state index contributed by atoms with van der Waals surface area (Å²) in [6.07, 6.45) is -0.437. The van der Waals surface area contributed by atoms with E-state index < -0.39 is 11.9 Å². The number of rotatable bonds is 4. The zero-order valence-electron chi connectivity index (χ0n) is 12.1. The monoisotopic (exact) mass is 300 g/mol. The van der Waals surface area contributed by atoms with Gasteiger partial charge in [-0.15, -0.1) is 0 Å². The van der Waals surface area contributed by atoms with Crippen LogP contribution < -0.4 is 4.90 Å². The highest BCUT2D eigenvalue weighted by molar-refractivity contribution is 5.87. The molecule has 0 N–H and O–H groups in total. The number of carbonyl (C=O) groups excluding carboxylic acids is 1. The van der Waals surface area contributed by atoms with Crippen LogP contribution in [0.15, 0.2) is 12.1 Å². The number of pyridine rings is 1. The predicted molar refractivity (Wildman–Crippen MR) is 72.7 cm³/mol. The van der Waals surface area contributed by atoms with Crippen LogP contribution >= 0.6 is 0 Å². The first kappa shape index (κ1) is 15.6. The molecular formula is C14H18F2N2O3. The molecular weight excluding hydrogens is 282 g/mol. The number of piperidine rings is 1. The van der Waals surface area contributed by atoms with Crippen molar-refractivity contribution in [1.29, 1.82) is 0 Å². The van der Waals surface area contributed by atoms with Gasteiger partial charge in [0.2, 0.25) is 0 Å². The number of esters is 1. The van der Waals surface area contributed by atoms with Crippen LogP contribution in [0, 0.1) is 0 Å². The Balaban J connectivity index is 2.28. The normalized spacial score (nSPS) is 17.6. The second kappa shape index (κ2) is 6.34. The third-order valence-corrected chi connectivity index (χ3v) is 3.44. The molecule has 0 atom stereocenters. The quantitative estimate of drug-likeness (QED) is 0.798. The van der Waals surface area contributed by atoms with Crippen LogP contribution in [0.5, 0.6) is 0 Å². The van der Waals surface area contributed by atoms with E-state index in [1.807, 2.05) is 0 Å². The summed E-state index contributed by atoms with van der Waals surface area (Å²) in [6.45, 7) is 0.694. The number of aromatic nitrogens is 1. The van der Waals surface area contributed by atoms with Crippen molar-refractivity contribution >= 4 is 11.8 Å². The van der Waals surface area contributed by atoms with E-state index >= 15 is 0 Å². The molecule has 2 rings (SSSR count). The third-order valence-electron chi connectivity index (χ3n) is 3.44. The van der Waals surface area contributed by atoms with Crippen LogP contribution in [-0.4, -0.2) is 44.2 Å². The molecule has 0 bridgehead atoms. The van der Waals surface area contributed by atoms with E-state index in [1.54, 1.807) is 24.1 Å². The lowest BCUT2D eigenvalue weighted by Crippen LogP contribution is -2.40. The maximum absolute atomic E-state index is 13.3. The largest absolute Gasteiger partial charge is 0.464 e. The van der Waals surface area contributed by atoms with E-state index in [1.165, 1.54) is 7.11 Å². The minimum absolute atomic E-state index is 0.157. The molecule has 0 aliphatic carbocycles. The van der Waals surface area contributed by atoms with Crippen LogP contribution in [0.4, 0.5) is 14.6 Å². The van der Waals surface area contributed by atoms with E-state index in [0.717, 1.165) is 5.56 Å². The van der Waals surface area contributed by atoms with Crippen LogP contribution in [0.25, 0.3) is 0 Å². The van der Waals surface area contributed by atoms with Crippen molar-refractivity contribution in [2.24, 2.45) is 0 Å². The Morgan fingerprint density at radius 3 is 2.57 bits per heavy atom. The summed E-state index contributed by atoms with van der Waals surface area (Å²) in [5, 5.41) is 0. The Kier molecular flexibility index (Phi) is 4.72. The number of carbonyl (C=O) groups is 1. The summed E-state index contributed by atoms with van der Waals surface area (Å²) in [5.41, 5.74) is 0.917. The molecule has 0 aromatic carbocycles. The molecule has 0 spiro atoms. The molecule has 1 aromatic rings. The molecule has 1 saturated heterocycles. The maximum Gasteiger partial charge on any atom is 0.356 e. The Labute approximate surface area is 121 Å². The van der Waals surface area contributed by atoms with Gasteiger partial charge in [0.25, 0.3) is 5.92 Å².